The minimum atomic E-state index is -0.0805. The van der Waals surface area contributed by atoms with Gasteiger partial charge in [-0.05, 0) is 25.0 Å². The summed E-state index contributed by atoms with van der Waals surface area (Å²) in [4.78, 5) is 35.0. The Hall–Kier alpha value is -2.55. The van der Waals surface area contributed by atoms with Crippen molar-refractivity contribution in [2.75, 3.05) is 44.2 Å². The maximum absolute atomic E-state index is 12.5. The first-order valence-corrected chi connectivity index (χ1v) is 10.1. The van der Waals surface area contributed by atoms with E-state index in [9.17, 15) is 9.59 Å². The third-order valence-electron chi connectivity index (χ3n) is 5.10. The topological polar surface area (TPSA) is 81.9 Å². The molecule has 2 aliphatic heterocycles. The molecule has 2 aliphatic rings. The van der Waals surface area contributed by atoms with Gasteiger partial charge in [-0.25, -0.2) is 9.78 Å². The highest BCUT2D eigenvalue weighted by molar-refractivity contribution is 7.13. The summed E-state index contributed by atoms with van der Waals surface area (Å²) in [5.41, 5.74) is 0. The third kappa shape index (κ3) is 4.08. The Morgan fingerprint density at radius 1 is 1.11 bits per heavy atom. The molecule has 0 bridgehead atoms. The molecule has 144 valence electrons. The Kier molecular flexibility index (Phi) is 5.28. The van der Waals surface area contributed by atoms with Crippen molar-refractivity contribution >= 4 is 28.4 Å². The quantitative estimate of drug-likeness (QED) is 0.867. The van der Waals surface area contributed by atoms with E-state index in [1.807, 2.05) is 16.5 Å². The summed E-state index contributed by atoms with van der Waals surface area (Å²) in [5.74, 6) is 0.290. The van der Waals surface area contributed by atoms with Crippen LogP contribution in [0.5, 0.6) is 0 Å². The number of thiazole rings is 1. The molecule has 2 fully saturated rings. The lowest BCUT2D eigenvalue weighted by atomic mass is 10.0. The number of nitrogens with zero attached hydrogens (tertiary/aromatic N) is 4. The standard InChI is InChI=1S/C18H23N5O3S/c24-16(15-2-1-12-26-15)21-6-3-14(4-7-21)20-17(25)22-8-10-23(11-9-22)18-19-5-13-27-18/h1-2,5,12-14H,3-4,6-11H2,(H,20,25). The van der Waals surface area contributed by atoms with Crippen LogP contribution in [0.4, 0.5) is 9.93 Å². The van der Waals surface area contributed by atoms with Crippen LogP contribution in [0.25, 0.3) is 0 Å². The van der Waals surface area contributed by atoms with Crippen molar-refractivity contribution < 1.29 is 14.0 Å². The van der Waals surface area contributed by atoms with E-state index >= 15 is 0 Å². The van der Waals surface area contributed by atoms with E-state index in [4.69, 9.17) is 4.42 Å². The molecular formula is C18H23N5O3S. The van der Waals surface area contributed by atoms with Crippen LogP contribution in [-0.4, -0.2) is 72.0 Å². The summed E-state index contributed by atoms with van der Waals surface area (Å²) in [5, 5.41) is 6.11. The predicted molar refractivity (Wildman–Crippen MR) is 102 cm³/mol. The van der Waals surface area contributed by atoms with Gasteiger partial charge in [-0.15, -0.1) is 11.3 Å². The zero-order valence-corrected chi connectivity index (χ0v) is 15.9. The first-order chi connectivity index (χ1) is 13.2. The Morgan fingerprint density at radius 2 is 1.89 bits per heavy atom. The molecule has 0 unspecified atom stereocenters. The van der Waals surface area contributed by atoms with Crippen LogP contribution in [0, 0.1) is 0 Å². The number of carbonyl (C=O) groups is 2. The Morgan fingerprint density at radius 3 is 2.52 bits per heavy atom. The van der Waals surface area contributed by atoms with Gasteiger partial charge in [0, 0.05) is 56.9 Å². The normalized spacial score (nSPS) is 18.6. The Labute approximate surface area is 161 Å². The smallest absolute Gasteiger partial charge is 0.317 e. The van der Waals surface area contributed by atoms with Crippen LogP contribution >= 0.6 is 11.3 Å². The second-order valence-corrected chi connectivity index (χ2v) is 7.66. The summed E-state index contributed by atoms with van der Waals surface area (Å²) >= 11 is 1.63. The molecule has 9 heteroatoms. The zero-order valence-electron chi connectivity index (χ0n) is 15.0. The Bertz CT molecular complexity index is 748. The number of hydrogen-bond donors (Lipinski definition) is 1. The number of furan rings is 1. The van der Waals surface area contributed by atoms with Crippen LogP contribution in [0.2, 0.25) is 0 Å². The van der Waals surface area contributed by atoms with Gasteiger partial charge in [0.15, 0.2) is 10.9 Å². The fourth-order valence-electron chi connectivity index (χ4n) is 3.52. The molecule has 8 nitrogen and oxygen atoms in total. The minimum absolute atomic E-state index is 0.00963. The average molecular weight is 389 g/mol. The molecule has 2 aromatic rings. The summed E-state index contributed by atoms with van der Waals surface area (Å²) in [7, 11) is 0. The molecule has 0 aromatic carbocycles. The number of carbonyl (C=O) groups excluding carboxylic acids is 2. The summed E-state index contributed by atoms with van der Waals surface area (Å²) < 4.78 is 5.18. The van der Waals surface area contributed by atoms with E-state index in [1.54, 1.807) is 28.4 Å². The second-order valence-electron chi connectivity index (χ2n) is 6.78. The zero-order chi connectivity index (χ0) is 18.6. The van der Waals surface area contributed by atoms with Crippen molar-refractivity contribution in [3.05, 3.63) is 35.7 Å². The molecule has 0 radical (unpaired) electrons. The van der Waals surface area contributed by atoms with E-state index in [2.05, 4.69) is 15.2 Å². The van der Waals surface area contributed by atoms with E-state index in [-0.39, 0.29) is 18.0 Å². The van der Waals surface area contributed by atoms with Gasteiger partial charge in [-0.3, -0.25) is 4.79 Å². The number of aromatic nitrogens is 1. The predicted octanol–water partition coefficient (Wildman–Crippen LogP) is 1.87. The van der Waals surface area contributed by atoms with Crippen molar-refractivity contribution in [2.45, 2.75) is 18.9 Å². The monoisotopic (exact) mass is 389 g/mol. The van der Waals surface area contributed by atoms with Crippen molar-refractivity contribution in [1.82, 2.24) is 20.1 Å². The molecule has 1 N–H and O–H groups in total. The van der Waals surface area contributed by atoms with Crippen molar-refractivity contribution in [1.29, 1.82) is 0 Å². The van der Waals surface area contributed by atoms with Gasteiger partial charge in [-0.2, -0.15) is 0 Å². The molecule has 0 atom stereocenters. The van der Waals surface area contributed by atoms with Crippen molar-refractivity contribution in [2.24, 2.45) is 0 Å². The highest BCUT2D eigenvalue weighted by Gasteiger charge is 2.28. The van der Waals surface area contributed by atoms with Crippen LogP contribution in [0.15, 0.2) is 34.4 Å². The molecule has 27 heavy (non-hydrogen) atoms. The Balaban J connectivity index is 1.21. The lowest BCUT2D eigenvalue weighted by Gasteiger charge is -2.37. The fraction of sp³-hybridized carbons (Fsp3) is 0.500. The number of piperazine rings is 1. The minimum Gasteiger partial charge on any atom is -0.459 e. The number of piperidine rings is 1. The molecule has 2 saturated heterocycles. The third-order valence-corrected chi connectivity index (χ3v) is 5.93. The second kappa shape index (κ2) is 7.99. The van der Waals surface area contributed by atoms with Crippen LogP contribution in [0.1, 0.15) is 23.4 Å². The number of nitrogens with one attached hydrogen (secondary N) is 1. The van der Waals surface area contributed by atoms with Crippen molar-refractivity contribution in [3.8, 4) is 0 Å². The van der Waals surface area contributed by atoms with E-state index < -0.39 is 0 Å². The lowest BCUT2D eigenvalue weighted by Crippen LogP contribution is -2.55. The van der Waals surface area contributed by atoms with Gasteiger partial charge in [-0.1, -0.05) is 0 Å². The highest BCUT2D eigenvalue weighted by atomic mass is 32.1. The van der Waals surface area contributed by atoms with Gasteiger partial charge in [0.05, 0.1) is 6.26 Å². The average Bonchev–Trinajstić information content (AvgIpc) is 3.42. The van der Waals surface area contributed by atoms with Gasteiger partial charge in [0.1, 0.15) is 0 Å². The van der Waals surface area contributed by atoms with E-state index in [0.29, 0.717) is 31.9 Å². The molecule has 2 aromatic heterocycles. The van der Waals surface area contributed by atoms with Gasteiger partial charge in [0.25, 0.3) is 5.91 Å². The maximum atomic E-state index is 12.5. The summed E-state index contributed by atoms with van der Waals surface area (Å²) in [6.07, 6.45) is 4.84. The summed E-state index contributed by atoms with van der Waals surface area (Å²) in [6, 6.07) is 3.50. The van der Waals surface area contributed by atoms with Gasteiger partial charge in [0.2, 0.25) is 0 Å². The van der Waals surface area contributed by atoms with Crippen LogP contribution in [-0.2, 0) is 0 Å². The first kappa shape index (κ1) is 17.8. The lowest BCUT2D eigenvalue weighted by molar-refractivity contribution is 0.0674. The molecule has 4 heterocycles. The molecule has 0 aliphatic carbocycles. The number of hydrogen-bond acceptors (Lipinski definition) is 6. The number of rotatable bonds is 3. The van der Waals surface area contributed by atoms with Crippen molar-refractivity contribution in [3.63, 3.8) is 0 Å². The van der Waals surface area contributed by atoms with Gasteiger partial charge < -0.3 is 24.4 Å². The van der Waals surface area contributed by atoms with Crippen LogP contribution < -0.4 is 10.2 Å². The number of amides is 3. The fourth-order valence-corrected chi connectivity index (χ4v) is 4.22. The number of urea groups is 1. The molecular weight excluding hydrogens is 366 g/mol. The number of anilines is 1. The highest BCUT2D eigenvalue weighted by Crippen LogP contribution is 2.19. The SMILES string of the molecule is O=C(NC1CCN(C(=O)c2ccco2)CC1)N1CCN(c2nccs2)CC1. The molecule has 3 amide bonds. The molecule has 0 spiro atoms. The largest absolute Gasteiger partial charge is 0.459 e. The molecule has 4 rings (SSSR count). The summed E-state index contributed by atoms with van der Waals surface area (Å²) in [6.45, 7) is 4.25. The number of likely N-dealkylation sites (tertiary alicyclic amines) is 1. The maximum Gasteiger partial charge on any atom is 0.317 e. The van der Waals surface area contributed by atoms with Crippen LogP contribution in [0.3, 0.4) is 0 Å². The van der Waals surface area contributed by atoms with E-state index in [0.717, 1.165) is 31.1 Å². The first-order valence-electron chi connectivity index (χ1n) is 9.23. The molecule has 0 saturated carbocycles. The van der Waals surface area contributed by atoms with E-state index in [1.165, 1.54) is 6.26 Å². The van der Waals surface area contributed by atoms with Gasteiger partial charge >= 0.3 is 6.03 Å².